The first-order chi connectivity index (χ1) is 14.0. The molecule has 0 saturated carbocycles. The van der Waals surface area contributed by atoms with Crippen LogP contribution >= 0.6 is 0 Å². The molecule has 0 spiro atoms. The Balaban J connectivity index is 1.68. The second-order valence-electron chi connectivity index (χ2n) is 7.98. The molecular formula is C23H33NO5. The van der Waals surface area contributed by atoms with Crippen LogP contribution in [-0.2, 0) is 24.4 Å². The molecule has 2 aliphatic rings. The largest absolute Gasteiger partial charge is 0.496 e. The molecule has 0 aromatic heterocycles. The number of hydrogen-bond donors (Lipinski definition) is 0. The average Bonchev–Trinajstić information content (AvgIpc) is 3.05. The lowest BCUT2D eigenvalue weighted by molar-refractivity contribution is -0.141. The lowest BCUT2D eigenvalue weighted by Gasteiger charge is -2.40. The Morgan fingerprint density at radius 3 is 2.76 bits per heavy atom. The molecule has 3 rings (SSSR count). The van der Waals surface area contributed by atoms with Gasteiger partial charge in [0.15, 0.2) is 0 Å². The van der Waals surface area contributed by atoms with Gasteiger partial charge in [-0.15, -0.1) is 0 Å². The molecule has 0 unspecified atom stereocenters. The summed E-state index contributed by atoms with van der Waals surface area (Å²) >= 11 is 0. The van der Waals surface area contributed by atoms with Gasteiger partial charge in [0.1, 0.15) is 11.5 Å². The summed E-state index contributed by atoms with van der Waals surface area (Å²) in [6.07, 6.45) is 5.25. The molecule has 160 valence electrons. The zero-order chi connectivity index (χ0) is 20.9. The highest BCUT2D eigenvalue weighted by molar-refractivity contribution is 5.70. The number of likely N-dealkylation sites (tertiary alicyclic amines) is 1. The van der Waals surface area contributed by atoms with Crippen molar-refractivity contribution in [1.29, 1.82) is 0 Å². The maximum atomic E-state index is 12.2. The zero-order valence-electron chi connectivity index (χ0n) is 18.0. The van der Waals surface area contributed by atoms with Gasteiger partial charge in [0.05, 0.1) is 33.4 Å². The molecule has 29 heavy (non-hydrogen) atoms. The second-order valence-corrected chi connectivity index (χ2v) is 7.98. The van der Waals surface area contributed by atoms with Gasteiger partial charge in [-0.1, -0.05) is 12.1 Å². The molecule has 1 aliphatic carbocycles. The smallest absolute Gasteiger partial charge is 0.313 e. The average molecular weight is 404 g/mol. The molecule has 6 nitrogen and oxygen atoms in total. The summed E-state index contributed by atoms with van der Waals surface area (Å²) in [5.74, 6) is 1.47. The summed E-state index contributed by atoms with van der Waals surface area (Å²) in [5, 5.41) is 0. The van der Waals surface area contributed by atoms with Gasteiger partial charge in [-0.25, -0.2) is 0 Å². The quantitative estimate of drug-likeness (QED) is 0.466. The van der Waals surface area contributed by atoms with Gasteiger partial charge in [0.2, 0.25) is 0 Å². The monoisotopic (exact) mass is 403 g/mol. The second kappa shape index (κ2) is 9.74. The van der Waals surface area contributed by atoms with E-state index in [-0.39, 0.29) is 23.8 Å². The molecule has 2 atom stereocenters. The third-order valence-corrected chi connectivity index (χ3v) is 6.21. The summed E-state index contributed by atoms with van der Waals surface area (Å²) in [7, 11) is 5.48. The molecule has 1 fully saturated rings. The van der Waals surface area contributed by atoms with Crippen molar-refractivity contribution in [1.82, 2.24) is 4.90 Å². The van der Waals surface area contributed by atoms with E-state index < -0.39 is 0 Å². The molecule has 0 N–H and O–H groups in total. The third kappa shape index (κ3) is 4.82. The van der Waals surface area contributed by atoms with E-state index in [0.717, 1.165) is 42.9 Å². The highest BCUT2D eigenvalue weighted by atomic mass is 16.5. The van der Waals surface area contributed by atoms with Gasteiger partial charge in [0.25, 0.3) is 0 Å². The zero-order valence-corrected chi connectivity index (χ0v) is 18.0. The van der Waals surface area contributed by atoms with Gasteiger partial charge < -0.3 is 18.9 Å². The van der Waals surface area contributed by atoms with Crippen molar-refractivity contribution in [3.8, 4) is 5.75 Å². The standard InChI is InChI=1S/C23H33NO5/c1-17-15-18(5-6-20(17)27-4)23-9-7-19(16-21(23)24(2)11-10-23)29-22(25)8-12-28-14-13-26-3/h5-6,15-16,21H,7-14H2,1-4H3/t21-,23-/m0/s1. The van der Waals surface area contributed by atoms with E-state index in [4.69, 9.17) is 18.9 Å². The predicted octanol–water partition coefficient (Wildman–Crippen LogP) is 3.22. The lowest BCUT2D eigenvalue weighted by Crippen LogP contribution is -2.42. The van der Waals surface area contributed by atoms with Crippen molar-refractivity contribution in [2.24, 2.45) is 0 Å². The molecule has 1 saturated heterocycles. The Morgan fingerprint density at radius 2 is 2.03 bits per heavy atom. The summed E-state index contributed by atoms with van der Waals surface area (Å²) in [6, 6.07) is 6.75. The minimum atomic E-state index is -0.234. The van der Waals surface area contributed by atoms with Crippen molar-refractivity contribution >= 4 is 5.97 Å². The van der Waals surface area contributed by atoms with Gasteiger partial charge in [-0.3, -0.25) is 9.69 Å². The number of allylic oxidation sites excluding steroid dienone is 1. The van der Waals surface area contributed by atoms with Crippen LogP contribution in [0.2, 0.25) is 0 Å². The van der Waals surface area contributed by atoms with Crippen LogP contribution in [-0.4, -0.2) is 64.5 Å². The van der Waals surface area contributed by atoms with Gasteiger partial charge in [-0.05, 0) is 56.6 Å². The van der Waals surface area contributed by atoms with E-state index in [1.54, 1.807) is 14.2 Å². The van der Waals surface area contributed by atoms with E-state index in [1.807, 2.05) is 0 Å². The molecule has 1 aliphatic heterocycles. The number of hydrogen-bond acceptors (Lipinski definition) is 6. The summed E-state index contributed by atoms with van der Waals surface area (Å²) in [6.45, 7) is 4.49. The third-order valence-electron chi connectivity index (χ3n) is 6.21. The SMILES string of the molecule is COCCOCCC(=O)OC1=C[C@@H]2N(C)CC[C@]2(c2ccc(OC)c(C)c2)CC1. The van der Waals surface area contributed by atoms with Crippen LogP contribution in [0.3, 0.4) is 0 Å². The van der Waals surface area contributed by atoms with Crippen LogP contribution in [0.4, 0.5) is 0 Å². The lowest BCUT2D eigenvalue weighted by atomic mass is 9.68. The number of fused-ring (bicyclic) bond motifs is 1. The van der Waals surface area contributed by atoms with Crippen LogP contribution in [0.5, 0.6) is 5.75 Å². The Bertz CT molecular complexity index is 747. The van der Waals surface area contributed by atoms with E-state index >= 15 is 0 Å². The van der Waals surface area contributed by atoms with E-state index in [1.165, 1.54) is 5.56 Å². The number of likely N-dealkylation sites (N-methyl/N-ethyl adjacent to an activating group) is 1. The first-order valence-electron chi connectivity index (χ1n) is 10.3. The van der Waals surface area contributed by atoms with Crippen molar-refractivity contribution in [3.05, 3.63) is 41.2 Å². The molecule has 1 aromatic carbocycles. The van der Waals surface area contributed by atoms with Gasteiger partial charge >= 0.3 is 5.97 Å². The Kier molecular flexibility index (Phi) is 7.33. The fourth-order valence-corrected chi connectivity index (χ4v) is 4.58. The van der Waals surface area contributed by atoms with Crippen LogP contribution in [0.15, 0.2) is 30.0 Å². The van der Waals surface area contributed by atoms with Crippen molar-refractivity contribution in [2.75, 3.05) is 47.6 Å². The number of carbonyl (C=O) groups excluding carboxylic acids is 1. The fourth-order valence-electron chi connectivity index (χ4n) is 4.58. The number of benzene rings is 1. The highest BCUT2D eigenvalue weighted by Gasteiger charge is 2.48. The van der Waals surface area contributed by atoms with Crippen LogP contribution in [0, 0.1) is 6.92 Å². The van der Waals surface area contributed by atoms with Crippen molar-refractivity contribution in [2.45, 2.75) is 44.1 Å². The van der Waals surface area contributed by atoms with E-state index in [2.05, 4.69) is 43.1 Å². The normalized spacial score (nSPS) is 24.1. The number of nitrogens with zero attached hydrogens (tertiary/aromatic N) is 1. The molecule has 0 radical (unpaired) electrons. The molecular weight excluding hydrogens is 370 g/mol. The van der Waals surface area contributed by atoms with E-state index in [9.17, 15) is 4.79 Å². The maximum Gasteiger partial charge on any atom is 0.313 e. The van der Waals surface area contributed by atoms with Gasteiger partial charge in [0, 0.05) is 25.0 Å². The number of aryl methyl sites for hydroxylation is 1. The highest BCUT2D eigenvalue weighted by Crippen LogP contribution is 2.48. The first kappa shape index (κ1) is 21.8. The maximum absolute atomic E-state index is 12.2. The molecule has 0 bridgehead atoms. The number of ether oxygens (including phenoxy) is 4. The molecule has 0 amide bonds. The van der Waals surface area contributed by atoms with Gasteiger partial charge in [-0.2, -0.15) is 0 Å². The molecule has 1 aromatic rings. The predicted molar refractivity (Wildman–Crippen MR) is 111 cm³/mol. The van der Waals surface area contributed by atoms with Crippen molar-refractivity contribution in [3.63, 3.8) is 0 Å². The fraction of sp³-hybridized carbons (Fsp3) is 0.609. The molecule has 1 heterocycles. The van der Waals surface area contributed by atoms with Crippen LogP contribution in [0.25, 0.3) is 0 Å². The first-order valence-corrected chi connectivity index (χ1v) is 10.3. The summed E-state index contributed by atoms with van der Waals surface area (Å²) in [4.78, 5) is 14.5. The number of carbonyl (C=O) groups is 1. The molecule has 6 heteroatoms. The number of methoxy groups -OCH3 is 2. The minimum Gasteiger partial charge on any atom is -0.496 e. The number of esters is 1. The number of rotatable bonds is 9. The topological polar surface area (TPSA) is 57.2 Å². The summed E-state index contributed by atoms with van der Waals surface area (Å²) in [5.41, 5.74) is 2.56. The summed E-state index contributed by atoms with van der Waals surface area (Å²) < 4.78 is 21.4. The van der Waals surface area contributed by atoms with Crippen molar-refractivity contribution < 1.29 is 23.7 Å². The minimum absolute atomic E-state index is 0.0605. The Morgan fingerprint density at radius 1 is 1.21 bits per heavy atom. The Hall–Kier alpha value is -1.89. The Labute approximate surface area is 173 Å². The van der Waals surface area contributed by atoms with E-state index in [0.29, 0.717) is 19.8 Å². The van der Waals surface area contributed by atoms with Crippen LogP contribution < -0.4 is 4.74 Å². The van der Waals surface area contributed by atoms with Crippen LogP contribution in [0.1, 0.15) is 36.8 Å².